The number of hydrazone groups is 1. The fourth-order valence-electron chi connectivity index (χ4n) is 2.98. The van der Waals surface area contributed by atoms with Crippen LogP contribution in [0.25, 0.3) is 0 Å². The molecular formula is C22H36N2O4. The number of amides is 1. The zero-order chi connectivity index (χ0) is 20.6. The molecule has 0 radical (unpaired) electrons. The lowest BCUT2D eigenvalue weighted by Gasteiger charge is -2.11. The van der Waals surface area contributed by atoms with Crippen LogP contribution in [0.1, 0.15) is 76.7 Å². The first kappa shape index (κ1) is 23.8. The molecule has 0 unspecified atom stereocenters. The second-order valence-corrected chi connectivity index (χ2v) is 6.82. The Labute approximate surface area is 169 Å². The van der Waals surface area contributed by atoms with Gasteiger partial charge < -0.3 is 14.2 Å². The van der Waals surface area contributed by atoms with Crippen molar-refractivity contribution in [2.45, 2.75) is 71.1 Å². The predicted molar refractivity (Wildman–Crippen MR) is 114 cm³/mol. The van der Waals surface area contributed by atoms with E-state index in [1.165, 1.54) is 44.9 Å². The van der Waals surface area contributed by atoms with Gasteiger partial charge in [-0.25, -0.2) is 5.43 Å². The molecule has 0 bridgehead atoms. The molecule has 6 heteroatoms. The number of unbranched alkanes of at least 4 members (excludes halogenated alkanes) is 8. The van der Waals surface area contributed by atoms with Crippen molar-refractivity contribution in [3.8, 4) is 17.2 Å². The van der Waals surface area contributed by atoms with Crippen LogP contribution in [0.4, 0.5) is 0 Å². The minimum Gasteiger partial charge on any atom is -0.496 e. The molecule has 0 saturated heterocycles. The smallest absolute Gasteiger partial charge is 0.240 e. The van der Waals surface area contributed by atoms with Crippen molar-refractivity contribution in [3.05, 3.63) is 17.7 Å². The lowest BCUT2D eigenvalue weighted by molar-refractivity contribution is -0.121. The van der Waals surface area contributed by atoms with Gasteiger partial charge in [-0.2, -0.15) is 5.10 Å². The maximum Gasteiger partial charge on any atom is 0.240 e. The van der Waals surface area contributed by atoms with Gasteiger partial charge in [0.15, 0.2) is 11.5 Å². The molecule has 0 aliphatic carbocycles. The molecule has 1 N–H and O–H groups in total. The van der Waals surface area contributed by atoms with E-state index in [-0.39, 0.29) is 5.91 Å². The Morgan fingerprint density at radius 2 is 1.39 bits per heavy atom. The van der Waals surface area contributed by atoms with Gasteiger partial charge in [0.05, 0.1) is 27.5 Å². The van der Waals surface area contributed by atoms with E-state index >= 15 is 0 Å². The maximum atomic E-state index is 11.9. The van der Waals surface area contributed by atoms with Crippen LogP contribution in [0.15, 0.2) is 17.2 Å². The van der Waals surface area contributed by atoms with Crippen LogP contribution >= 0.6 is 0 Å². The van der Waals surface area contributed by atoms with Gasteiger partial charge in [0.25, 0.3) is 0 Å². The van der Waals surface area contributed by atoms with E-state index in [4.69, 9.17) is 14.2 Å². The number of benzene rings is 1. The number of nitrogens with zero attached hydrogens (tertiary/aromatic N) is 1. The largest absolute Gasteiger partial charge is 0.496 e. The highest BCUT2D eigenvalue weighted by Crippen LogP contribution is 2.33. The van der Waals surface area contributed by atoms with Gasteiger partial charge in [0.2, 0.25) is 5.91 Å². The summed E-state index contributed by atoms with van der Waals surface area (Å²) in [7, 11) is 4.71. The van der Waals surface area contributed by atoms with E-state index in [9.17, 15) is 4.79 Å². The number of nitrogens with one attached hydrogen (secondary N) is 1. The highest BCUT2D eigenvalue weighted by atomic mass is 16.5. The minimum absolute atomic E-state index is 0.0707. The SMILES string of the molecule is CCCCCCCCCCCC(=O)NN=Cc1cc(OC)c(OC)cc1OC. The van der Waals surface area contributed by atoms with Gasteiger partial charge in [0, 0.05) is 18.1 Å². The summed E-state index contributed by atoms with van der Waals surface area (Å²) in [5.41, 5.74) is 3.27. The first-order valence-corrected chi connectivity index (χ1v) is 10.3. The zero-order valence-corrected chi connectivity index (χ0v) is 17.9. The van der Waals surface area contributed by atoms with E-state index in [1.807, 2.05) is 0 Å². The van der Waals surface area contributed by atoms with Gasteiger partial charge in [-0.1, -0.05) is 58.3 Å². The van der Waals surface area contributed by atoms with Crippen LogP contribution in [-0.2, 0) is 4.79 Å². The molecule has 1 aromatic rings. The van der Waals surface area contributed by atoms with Crippen molar-refractivity contribution in [3.63, 3.8) is 0 Å². The number of carbonyl (C=O) groups is 1. The van der Waals surface area contributed by atoms with Crippen molar-refractivity contribution in [2.24, 2.45) is 5.10 Å². The quantitative estimate of drug-likeness (QED) is 0.257. The Morgan fingerprint density at radius 1 is 0.857 bits per heavy atom. The van der Waals surface area contributed by atoms with E-state index in [0.29, 0.717) is 29.2 Å². The van der Waals surface area contributed by atoms with E-state index in [1.54, 1.807) is 39.7 Å². The molecule has 0 fully saturated rings. The van der Waals surface area contributed by atoms with Crippen molar-refractivity contribution < 1.29 is 19.0 Å². The third-order valence-electron chi connectivity index (χ3n) is 4.64. The van der Waals surface area contributed by atoms with Crippen LogP contribution in [0.5, 0.6) is 17.2 Å². The van der Waals surface area contributed by atoms with Gasteiger partial charge in [-0.3, -0.25) is 4.79 Å². The average Bonchev–Trinajstić information content (AvgIpc) is 2.72. The molecule has 0 saturated carbocycles. The topological polar surface area (TPSA) is 69.2 Å². The minimum atomic E-state index is -0.0707. The molecule has 0 aromatic heterocycles. The van der Waals surface area contributed by atoms with Gasteiger partial charge in [-0.05, 0) is 12.5 Å². The molecule has 158 valence electrons. The van der Waals surface area contributed by atoms with Gasteiger partial charge >= 0.3 is 0 Å². The summed E-state index contributed by atoms with van der Waals surface area (Å²) >= 11 is 0. The van der Waals surface area contributed by atoms with Crippen molar-refractivity contribution in [1.82, 2.24) is 5.43 Å². The summed E-state index contributed by atoms with van der Waals surface area (Å²) in [5, 5.41) is 4.04. The van der Waals surface area contributed by atoms with Crippen LogP contribution in [0.3, 0.4) is 0 Å². The molecule has 0 heterocycles. The molecule has 1 amide bonds. The average molecular weight is 393 g/mol. The number of methoxy groups -OCH3 is 3. The number of hydrogen-bond acceptors (Lipinski definition) is 5. The van der Waals surface area contributed by atoms with Gasteiger partial charge in [-0.15, -0.1) is 0 Å². The Balaban J connectivity index is 2.32. The Kier molecular flexibility index (Phi) is 12.6. The monoisotopic (exact) mass is 392 g/mol. The summed E-state index contributed by atoms with van der Waals surface area (Å²) in [4.78, 5) is 11.9. The fraction of sp³-hybridized carbons (Fsp3) is 0.636. The van der Waals surface area contributed by atoms with Gasteiger partial charge in [0.1, 0.15) is 5.75 Å². The highest BCUT2D eigenvalue weighted by Gasteiger charge is 2.10. The third kappa shape index (κ3) is 9.11. The first-order valence-electron chi connectivity index (χ1n) is 10.3. The molecule has 1 aromatic carbocycles. The summed E-state index contributed by atoms with van der Waals surface area (Å²) in [5.74, 6) is 1.67. The number of hydrogen-bond donors (Lipinski definition) is 1. The van der Waals surface area contributed by atoms with Crippen LogP contribution in [-0.4, -0.2) is 33.5 Å². The van der Waals surface area contributed by atoms with Crippen LogP contribution in [0.2, 0.25) is 0 Å². The van der Waals surface area contributed by atoms with Crippen molar-refractivity contribution in [2.75, 3.05) is 21.3 Å². The van der Waals surface area contributed by atoms with E-state index in [2.05, 4.69) is 17.5 Å². The first-order chi connectivity index (χ1) is 13.7. The third-order valence-corrected chi connectivity index (χ3v) is 4.64. The molecule has 0 spiro atoms. The number of rotatable bonds is 15. The molecule has 0 aliphatic rings. The fourth-order valence-corrected chi connectivity index (χ4v) is 2.98. The molecule has 0 aliphatic heterocycles. The van der Waals surface area contributed by atoms with Crippen LogP contribution < -0.4 is 19.6 Å². The number of carbonyl (C=O) groups excluding carboxylic acids is 1. The van der Waals surface area contributed by atoms with Crippen molar-refractivity contribution >= 4 is 12.1 Å². The standard InChI is InChI=1S/C22H36N2O4/c1-5-6-7-8-9-10-11-12-13-14-22(25)24-23-17-18-15-20(27-3)21(28-4)16-19(18)26-2/h15-17H,5-14H2,1-4H3,(H,24,25). The molecule has 0 atom stereocenters. The van der Waals surface area contributed by atoms with Crippen molar-refractivity contribution in [1.29, 1.82) is 0 Å². The Bertz CT molecular complexity index is 602. The lowest BCUT2D eigenvalue weighted by atomic mass is 10.1. The molecule has 6 nitrogen and oxygen atoms in total. The molecule has 1 rings (SSSR count). The van der Waals surface area contributed by atoms with Crippen LogP contribution in [0, 0.1) is 0 Å². The second kappa shape index (κ2) is 14.8. The predicted octanol–water partition coefficient (Wildman–Crippen LogP) is 5.08. The Morgan fingerprint density at radius 3 is 1.96 bits per heavy atom. The highest BCUT2D eigenvalue weighted by molar-refractivity contribution is 5.86. The number of ether oxygens (including phenoxy) is 3. The Hall–Kier alpha value is -2.24. The lowest BCUT2D eigenvalue weighted by Crippen LogP contribution is -2.17. The zero-order valence-electron chi connectivity index (χ0n) is 17.9. The normalized spacial score (nSPS) is 10.9. The van der Waals surface area contributed by atoms with E-state index in [0.717, 1.165) is 12.8 Å². The second-order valence-electron chi connectivity index (χ2n) is 6.82. The summed E-state index contributed by atoms with van der Waals surface area (Å²) < 4.78 is 15.9. The molecular weight excluding hydrogens is 356 g/mol. The summed E-state index contributed by atoms with van der Waals surface area (Å²) in [6, 6.07) is 3.48. The summed E-state index contributed by atoms with van der Waals surface area (Å²) in [6.07, 6.45) is 13.1. The maximum absolute atomic E-state index is 11.9. The summed E-state index contributed by atoms with van der Waals surface area (Å²) in [6.45, 7) is 2.24. The molecule has 28 heavy (non-hydrogen) atoms. The van der Waals surface area contributed by atoms with E-state index < -0.39 is 0 Å².